The molecule has 1 aliphatic heterocycles. The van der Waals surface area contributed by atoms with Crippen molar-refractivity contribution in [2.24, 2.45) is 0 Å². The van der Waals surface area contributed by atoms with E-state index in [1.54, 1.807) is 42.5 Å². The SMILES string of the molecule is CC(OC(=O)c1cc(-c2ccc(Cl)cc2)n[nH]1)C(=O)NC(=O)Nc1ccc2c(c1)OCCO2. The van der Waals surface area contributed by atoms with Crippen LogP contribution in [0, 0.1) is 0 Å². The lowest BCUT2D eigenvalue weighted by atomic mass is 10.1. The summed E-state index contributed by atoms with van der Waals surface area (Å²) >= 11 is 5.87. The Morgan fingerprint density at radius 3 is 2.55 bits per heavy atom. The molecule has 2 aromatic carbocycles. The number of carbonyl (C=O) groups excluding carboxylic acids is 3. The first-order valence-corrected chi connectivity index (χ1v) is 10.3. The normalized spacial score (nSPS) is 13.0. The standard InChI is InChI=1S/C22H19ClN4O6/c1-12(33-21(29)17-11-16(26-27-17)13-2-4-14(23)5-3-13)20(28)25-22(30)24-15-6-7-18-19(10-15)32-9-8-31-18/h2-7,10-12H,8-9H2,1H3,(H,26,27)(H2,24,25,28,30). The third-order valence-electron chi connectivity index (χ3n) is 4.63. The molecule has 0 spiro atoms. The predicted octanol–water partition coefficient (Wildman–Crippen LogP) is 3.39. The number of aromatic amines is 1. The zero-order valence-corrected chi connectivity index (χ0v) is 18.1. The summed E-state index contributed by atoms with van der Waals surface area (Å²) < 4.78 is 16.0. The first-order valence-electron chi connectivity index (χ1n) is 9.93. The van der Waals surface area contributed by atoms with E-state index in [1.165, 1.54) is 13.0 Å². The molecule has 0 saturated carbocycles. The van der Waals surface area contributed by atoms with Gasteiger partial charge in [-0.1, -0.05) is 23.7 Å². The van der Waals surface area contributed by atoms with Crippen LogP contribution in [0.3, 0.4) is 0 Å². The van der Waals surface area contributed by atoms with Gasteiger partial charge in [-0.2, -0.15) is 5.10 Å². The molecule has 1 unspecified atom stereocenters. The summed E-state index contributed by atoms with van der Waals surface area (Å²) in [6, 6.07) is 12.5. The van der Waals surface area contributed by atoms with Crippen molar-refractivity contribution < 1.29 is 28.6 Å². The summed E-state index contributed by atoms with van der Waals surface area (Å²) in [5.41, 5.74) is 1.72. The van der Waals surface area contributed by atoms with Gasteiger partial charge in [0.25, 0.3) is 5.91 Å². The molecule has 1 atom stereocenters. The summed E-state index contributed by atoms with van der Waals surface area (Å²) in [5, 5.41) is 11.8. The van der Waals surface area contributed by atoms with Crippen LogP contribution >= 0.6 is 11.6 Å². The van der Waals surface area contributed by atoms with E-state index < -0.39 is 24.0 Å². The topological polar surface area (TPSA) is 132 Å². The average molecular weight is 471 g/mol. The second-order valence-electron chi connectivity index (χ2n) is 7.02. The van der Waals surface area contributed by atoms with Crippen LogP contribution in [0.4, 0.5) is 10.5 Å². The number of benzene rings is 2. The Morgan fingerprint density at radius 1 is 1.06 bits per heavy atom. The fourth-order valence-corrected chi connectivity index (χ4v) is 3.10. The minimum absolute atomic E-state index is 0.0559. The van der Waals surface area contributed by atoms with Gasteiger partial charge in [-0.15, -0.1) is 0 Å². The van der Waals surface area contributed by atoms with Gasteiger partial charge in [0, 0.05) is 22.3 Å². The number of hydrogen-bond donors (Lipinski definition) is 3. The Balaban J connectivity index is 1.30. The molecule has 0 fully saturated rings. The Kier molecular flexibility index (Phi) is 6.45. The highest BCUT2D eigenvalue weighted by Gasteiger charge is 2.22. The number of rotatable bonds is 5. The molecule has 170 valence electrons. The molecule has 0 aliphatic carbocycles. The maximum Gasteiger partial charge on any atom is 0.357 e. The lowest BCUT2D eigenvalue weighted by molar-refractivity contribution is -0.127. The maximum absolute atomic E-state index is 12.4. The number of carbonyl (C=O) groups is 3. The lowest BCUT2D eigenvalue weighted by Gasteiger charge is -2.19. The van der Waals surface area contributed by atoms with Crippen molar-refractivity contribution in [3.05, 3.63) is 59.2 Å². The number of ether oxygens (including phenoxy) is 3. The average Bonchev–Trinajstić information content (AvgIpc) is 3.30. The number of fused-ring (bicyclic) bond motifs is 1. The molecule has 0 saturated heterocycles. The van der Waals surface area contributed by atoms with Gasteiger partial charge in [-0.05, 0) is 37.3 Å². The molecule has 33 heavy (non-hydrogen) atoms. The molecule has 1 aliphatic rings. The number of aromatic nitrogens is 2. The van der Waals surface area contributed by atoms with E-state index in [0.29, 0.717) is 41.1 Å². The lowest BCUT2D eigenvalue weighted by Crippen LogP contribution is -2.41. The summed E-state index contributed by atoms with van der Waals surface area (Å²) in [7, 11) is 0. The number of nitrogens with zero attached hydrogens (tertiary/aromatic N) is 1. The molecule has 3 aromatic rings. The summed E-state index contributed by atoms with van der Waals surface area (Å²) in [6.45, 7) is 2.20. The Labute approximate surface area is 193 Å². The Morgan fingerprint density at radius 2 is 1.79 bits per heavy atom. The van der Waals surface area contributed by atoms with Crippen molar-refractivity contribution in [1.82, 2.24) is 15.5 Å². The van der Waals surface area contributed by atoms with Crippen molar-refractivity contribution >= 4 is 35.2 Å². The maximum atomic E-state index is 12.4. The molecule has 3 N–H and O–H groups in total. The van der Waals surface area contributed by atoms with Crippen LogP contribution in [0.2, 0.25) is 5.02 Å². The zero-order chi connectivity index (χ0) is 23.4. The van der Waals surface area contributed by atoms with Gasteiger partial charge in [0.05, 0.1) is 5.69 Å². The van der Waals surface area contributed by atoms with E-state index >= 15 is 0 Å². The summed E-state index contributed by atoms with van der Waals surface area (Å²) in [4.78, 5) is 36.8. The first kappa shape index (κ1) is 22.2. The summed E-state index contributed by atoms with van der Waals surface area (Å²) in [6.07, 6.45) is -1.23. The van der Waals surface area contributed by atoms with Crippen molar-refractivity contribution in [3.63, 3.8) is 0 Å². The van der Waals surface area contributed by atoms with Crippen molar-refractivity contribution in [3.8, 4) is 22.8 Å². The van der Waals surface area contributed by atoms with Crippen molar-refractivity contribution in [2.45, 2.75) is 13.0 Å². The predicted molar refractivity (Wildman–Crippen MR) is 119 cm³/mol. The molecule has 10 nitrogen and oxygen atoms in total. The van der Waals surface area contributed by atoms with Crippen LogP contribution < -0.4 is 20.1 Å². The fourth-order valence-electron chi connectivity index (χ4n) is 2.97. The van der Waals surface area contributed by atoms with Gasteiger partial charge < -0.3 is 19.5 Å². The molecule has 0 radical (unpaired) electrons. The quantitative estimate of drug-likeness (QED) is 0.487. The number of imide groups is 1. The smallest absolute Gasteiger partial charge is 0.357 e. The van der Waals surface area contributed by atoms with E-state index in [1.807, 2.05) is 0 Å². The number of nitrogens with one attached hydrogen (secondary N) is 3. The fraction of sp³-hybridized carbons (Fsp3) is 0.182. The van der Waals surface area contributed by atoms with Gasteiger partial charge >= 0.3 is 12.0 Å². The molecular weight excluding hydrogens is 452 g/mol. The van der Waals surface area contributed by atoms with Crippen LogP contribution in [0.5, 0.6) is 11.5 Å². The van der Waals surface area contributed by atoms with Gasteiger partial charge in [0.15, 0.2) is 17.6 Å². The van der Waals surface area contributed by atoms with Crippen LogP contribution in [0.25, 0.3) is 11.3 Å². The number of urea groups is 1. The molecular formula is C22H19ClN4O6. The second kappa shape index (κ2) is 9.61. The van der Waals surface area contributed by atoms with E-state index in [4.69, 9.17) is 25.8 Å². The van der Waals surface area contributed by atoms with Crippen LogP contribution in [0.1, 0.15) is 17.4 Å². The number of hydrogen-bond acceptors (Lipinski definition) is 7. The van der Waals surface area contributed by atoms with Crippen LogP contribution in [-0.4, -0.2) is 47.4 Å². The summed E-state index contributed by atoms with van der Waals surface area (Å²) in [5.74, 6) is -0.527. The Bertz CT molecular complexity index is 1190. The molecule has 11 heteroatoms. The molecule has 1 aromatic heterocycles. The second-order valence-corrected chi connectivity index (χ2v) is 7.46. The van der Waals surface area contributed by atoms with Crippen molar-refractivity contribution in [1.29, 1.82) is 0 Å². The number of amides is 3. The minimum Gasteiger partial charge on any atom is -0.486 e. The number of H-pyrrole nitrogens is 1. The van der Waals surface area contributed by atoms with Crippen LogP contribution in [-0.2, 0) is 9.53 Å². The highest BCUT2D eigenvalue weighted by atomic mass is 35.5. The minimum atomic E-state index is -1.23. The number of anilines is 1. The Hall–Kier alpha value is -4.05. The molecule has 4 rings (SSSR count). The van der Waals surface area contributed by atoms with E-state index in [-0.39, 0.29) is 5.69 Å². The number of esters is 1. The number of halogens is 1. The van der Waals surface area contributed by atoms with Gasteiger partial charge in [-0.25, -0.2) is 9.59 Å². The van der Waals surface area contributed by atoms with E-state index in [9.17, 15) is 14.4 Å². The molecule has 2 heterocycles. The zero-order valence-electron chi connectivity index (χ0n) is 17.4. The van der Waals surface area contributed by atoms with Crippen LogP contribution in [0.15, 0.2) is 48.5 Å². The highest BCUT2D eigenvalue weighted by molar-refractivity contribution is 6.30. The molecule has 0 bridgehead atoms. The third kappa shape index (κ3) is 5.42. The highest BCUT2D eigenvalue weighted by Crippen LogP contribution is 2.32. The van der Waals surface area contributed by atoms with E-state index in [0.717, 1.165) is 5.56 Å². The van der Waals surface area contributed by atoms with Gasteiger partial charge in [0.1, 0.15) is 18.9 Å². The first-order chi connectivity index (χ1) is 15.9. The largest absolute Gasteiger partial charge is 0.486 e. The third-order valence-corrected chi connectivity index (χ3v) is 4.88. The van der Waals surface area contributed by atoms with Gasteiger partial charge in [-0.3, -0.25) is 15.2 Å². The van der Waals surface area contributed by atoms with Crippen molar-refractivity contribution in [2.75, 3.05) is 18.5 Å². The monoisotopic (exact) mass is 470 g/mol. The molecule has 3 amide bonds. The van der Waals surface area contributed by atoms with E-state index in [2.05, 4.69) is 20.8 Å². The van der Waals surface area contributed by atoms with Gasteiger partial charge in [0.2, 0.25) is 0 Å².